The Morgan fingerprint density at radius 2 is 2.22 bits per heavy atom. The maximum absolute atomic E-state index is 11.6. The Hall–Kier alpha value is -1.56. The molecule has 1 heterocycles. The van der Waals surface area contributed by atoms with Gasteiger partial charge in [-0.25, -0.2) is 4.79 Å². The molecule has 1 aromatic heterocycles. The van der Waals surface area contributed by atoms with E-state index in [9.17, 15) is 4.79 Å². The molecule has 6 heteroatoms. The molecule has 0 aromatic carbocycles. The van der Waals surface area contributed by atoms with Gasteiger partial charge in [-0.2, -0.15) is 0 Å². The standard InChI is InChI=1S/C12H21N3O3/c1-5-8(7-16)13-11(17)14-10-6-9(18-15-10)12(2,3)4/h6,8,16H,5,7H2,1-4H3,(H2,13,14,15,17). The average molecular weight is 255 g/mol. The van der Waals surface area contributed by atoms with Crippen LogP contribution in [0.2, 0.25) is 0 Å². The van der Waals surface area contributed by atoms with Crippen molar-refractivity contribution >= 4 is 11.8 Å². The molecule has 0 spiro atoms. The fourth-order valence-corrected chi connectivity index (χ4v) is 1.30. The van der Waals surface area contributed by atoms with Crippen molar-refractivity contribution in [1.82, 2.24) is 10.5 Å². The zero-order valence-corrected chi connectivity index (χ0v) is 11.3. The number of nitrogens with zero attached hydrogens (tertiary/aromatic N) is 1. The molecule has 1 rings (SSSR count). The SMILES string of the molecule is CCC(CO)NC(=O)Nc1cc(C(C)(C)C)on1. The highest BCUT2D eigenvalue weighted by atomic mass is 16.5. The van der Waals surface area contributed by atoms with Crippen molar-refractivity contribution in [2.45, 2.75) is 45.6 Å². The number of aromatic nitrogens is 1. The number of hydrogen-bond acceptors (Lipinski definition) is 4. The van der Waals surface area contributed by atoms with E-state index >= 15 is 0 Å². The van der Waals surface area contributed by atoms with Crippen LogP contribution in [0.5, 0.6) is 0 Å². The van der Waals surface area contributed by atoms with Crippen molar-refractivity contribution in [1.29, 1.82) is 0 Å². The summed E-state index contributed by atoms with van der Waals surface area (Å²) in [5, 5.41) is 17.9. The predicted octanol–water partition coefficient (Wildman–Crippen LogP) is 1.86. The van der Waals surface area contributed by atoms with Crippen molar-refractivity contribution < 1.29 is 14.4 Å². The number of amides is 2. The van der Waals surface area contributed by atoms with Crippen molar-refractivity contribution in [3.05, 3.63) is 11.8 Å². The molecular weight excluding hydrogens is 234 g/mol. The van der Waals surface area contributed by atoms with Crippen LogP contribution in [0.3, 0.4) is 0 Å². The Bertz CT molecular complexity index is 392. The van der Waals surface area contributed by atoms with Crippen LogP contribution < -0.4 is 10.6 Å². The van der Waals surface area contributed by atoms with Gasteiger partial charge in [-0.1, -0.05) is 32.9 Å². The second-order valence-electron chi connectivity index (χ2n) is 5.21. The molecule has 18 heavy (non-hydrogen) atoms. The molecule has 1 unspecified atom stereocenters. The third-order valence-electron chi connectivity index (χ3n) is 2.54. The minimum absolute atomic E-state index is 0.0873. The summed E-state index contributed by atoms with van der Waals surface area (Å²) in [6.45, 7) is 7.79. The zero-order chi connectivity index (χ0) is 13.8. The lowest BCUT2D eigenvalue weighted by Gasteiger charge is -2.13. The largest absolute Gasteiger partial charge is 0.394 e. The Kier molecular flexibility index (Phi) is 4.72. The van der Waals surface area contributed by atoms with Crippen LogP contribution in [0, 0.1) is 0 Å². The average Bonchev–Trinajstić information content (AvgIpc) is 2.74. The van der Waals surface area contributed by atoms with Crippen LogP contribution in [-0.4, -0.2) is 28.9 Å². The predicted molar refractivity (Wildman–Crippen MR) is 68.5 cm³/mol. The van der Waals surface area contributed by atoms with Gasteiger partial charge >= 0.3 is 6.03 Å². The minimum atomic E-state index is -0.398. The molecule has 0 aliphatic rings. The quantitative estimate of drug-likeness (QED) is 0.766. The Balaban J connectivity index is 2.57. The molecule has 0 radical (unpaired) electrons. The first kappa shape index (κ1) is 14.5. The van der Waals surface area contributed by atoms with E-state index in [1.54, 1.807) is 6.07 Å². The Labute approximate surface area is 107 Å². The van der Waals surface area contributed by atoms with Gasteiger partial charge < -0.3 is 14.9 Å². The van der Waals surface area contributed by atoms with E-state index in [1.807, 2.05) is 27.7 Å². The van der Waals surface area contributed by atoms with Crippen molar-refractivity contribution in [3.63, 3.8) is 0 Å². The van der Waals surface area contributed by atoms with Gasteiger partial charge in [-0.05, 0) is 6.42 Å². The molecule has 3 N–H and O–H groups in total. The van der Waals surface area contributed by atoms with E-state index < -0.39 is 6.03 Å². The van der Waals surface area contributed by atoms with Crippen molar-refractivity contribution in [3.8, 4) is 0 Å². The highest BCUT2D eigenvalue weighted by Gasteiger charge is 2.20. The lowest BCUT2D eigenvalue weighted by atomic mass is 9.93. The maximum atomic E-state index is 11.6. The summed E-state index contributed by atoms with van der Waals surface area (Å²) in [6, 6.07) is 1.04. The molecular formula is C12H21N3O3. The summed E-state index contributed by atoms with van der Waals surface area (Å²) < 4.78 is 5.15. The molecule has 0 saturated carbocycles. The van der Waals surface area contributed by atoms with Gasteiger partial charge in [0.15, 0.2) is 5.82 Å². The van der Waals surface area contributed by atoms with E-state index in [2.05, 4.69) is 15.8 Å². The van der Waals surface area contributed by atoms with E-state index in [-0.39, 0.29) is 18.1 Å². The minimum Gasteiger partial charge on any atom is -0.394 e. The van der Waals surface area contributed by atoms with Crippen molar-refractivity contribution in [2.75, 3.05) is 11.9 Å². The van der Waals surface area contributed by atoms with Crippen LogP contribution in [0.25, 0.3) is 0 Å². The second kappa shape index (κ2) is 5.86. The number of aliphatic hydroxyl groups excluding tert-OH is 1. The zero-order valence-electron chi connectivity index (χ0n) is 11.3. The van der Waals surface area contributed by atoms with Gasteiger partial charge in [0, 0.05) is 11.5 Å². The van der Waals surface area contributed by atoms with Crippen LogP contribution in [0.4, 0.5) is 10.6 Å². The van der Waals surface area contributed by atoms with Crippen LogP contribution in [-0.2, 0) is 5.41 Å². The number of hydrogen-bond donors (Lipinski definition) is 3. The van der Waals surface area contributed by atoms with Crippen LogP contribution in [0.1, 0.15) is 39.9 Å². The summed E-state index contributed by atoms with van der Waals surface area (Å²) >= 11 is 0. The number of rotatable bonds is 4. The topological polar surface area (TPSA) is 87.4 Å². The molecule has 0 aliphatic heterocycles. The summed E-state index contributed by atoms with van der Waals surface area (Å²) in [5.74, 6) is 1.07. The molecule has 0 saturated heterocycles. The van der Waals surface area contributed by atoms with Crippen molar-refractivity contribution in [2.24, 2.45) is 0 Å². The number of nitrogens with one attached hydrogen (secondary N) is 2. The van der Waals surface area contributed by atoms with Gasteiger partial charge in [0.1, 0.15) is 5.76 Å². The molecule has 102 valence electrons. The van der Waals surface area contributed by atoms with Crippen LogP contribution >= 0.6 is 0 Å². The lowest BCUT2D eigenvalue weighted by molar-refractivity contribution is 0.222. The van der Waals surface area contributed by atoms with E-state index in [0.717, 1.165) is 0 Å². The summed E-state index contributed by atoms with van der Waals surface area (Å²) in [4.78, 5) is 11.6. The number of anilines is 1. The van der Waals surface area contributed by atoms with Gasteiger partial charge in [-0.15, -0.1) is 0 Å². The summed E-state index contributed by atoms with van der Waals surface area (Å²) in [5.41, 5.74) is -0.152. The number of urea groups is 1. The fraction of sp³-hybridized carbons (Fsp3) is 0.667. The number of carbonyl (C=O) groups excluding carboxylic acids is 1. The van der Waals surface area contributed by atoms with E-state index in [0.29, 0.717) is 18.0 Å². The number of aliphatic hydroxyl groups is 1. The van der Waals surface area contributed by atoms with E-state index in [1.165, 1.54) is 0 Å². The molecule has 6 nitrogen and oxygen atoms in total. The monoisotopic (exact) mass is 255 g/mol. The van der Waals surface area contributed by atoms with Gasteiger partial charge in [0.25, 0.3) is 0 Å². The first-order valence-corrected chi connectivity index (χ1v) is 6.02. The summed E-state index contributed by atoms with van der Waals surface area (Å²) in [7, 11) is 0. The first-order valence-electron chi connectivity index (χ1n) is 6.02. The summed E-state index contributed by atoms with van der Waals surface area (Å²) in [6.07, 6.45) is 0.663. The maximum Gasteiger partial charge on any atom is 0.320 e. The second-order valence-corrected chi connectivity index (χ2v) is 5.21. The molecule has 1 aromatic rings. The molecule has 0 fully saturated rings. The Morgan fingerprint density at radius 3 is 2.67 bits per heavy atom. The van der Waals surface area contributed by atoms with Gasteiger partial charge in [0.05, 0.1) is 12.6 Å². The molecule has 1 atom stereocenters. The normalized spacial score (nSPS) is 13.2. The highest BCUT2D eigenvalue weighted by molar-refractivity contribution is 5.88. The molecule has 0 bridgehead atoms. The fourth-order valence-electron chi connectivity index (χ4n) is 1.30. The van der Waals surface area contributed by atoms with Gasteiger partial charge in [0.2, 0.25) is 0 Å². The Morgan fingerprint density at radius 1 is 1.56 bits per heavy atom. The first-order chi connectivity index (χ1) is 8.36. The number of carbonyl (C=O) groups is 1. The molecule has 2 amide bonds. The molecule has 0 aliphatic carbocycles. The lowest BCUT2D eigenvalue weighted by Crippen LogP contribution is -2.39. The van der Waals surface area contributed by atoms with E-state index in [4.69, 9.17) is 9.63 Å². The van der Waals surface area contributed by atoms with Gasteiger partial charge in [-0.3, -0.25) is 5.32 Å². The van der Waals surface area contributed by atoms with Crippen LogP contribution in [0.15, 0.2) is 10.6 Å². The highest BCUT2D eigenvalue weighted by Crippen LogP contribution is 2.24. The third-order valence-corrected chi connectivity index (χ3v) is 2.54. The smallest absolute Gasteiger partial charge is 0.320 e. The third kappa shape index (κ3) is 4.03.